The highest BCUT2D eigenvalue weighted by Gasteiger charge is 2.48. The number of benzene rings is 1. The van der Waals surface area contributed by atoms with Gasteiger partial charge in [0.05, 0.1) is 37.2 Å². The van der Waals surface area contributed by atoms with Gasteiger partial charge in [0.2, 0.25) is 5.88 Å². The number of ether oxygens (including phenoxy) is 4. The topological polar surface area (TPSA) is 85.3 Å². The van der Waals surface area contributed by atoms with Gasteiger partial charge >= 0.3 is 0 Å². The lowest BCUT2D eigenvalue weighted by Crippen LogP contribution is -2.44. The summed E-state index contributed by atoms with van der Waals surface area (Å²) in [5, 5.41) is 14.0. The van der Waals surface area contributed by atoms with Crippen LogP contribution in [0.2, 0.25) is 5.02 Å². The van der Waals surface area contributed by atoms with Crippen LogP contribution in [0.3, 0.4) is 0 Å². The molecule has 2 aliphatic rings. The van der Waals surface area contributed by atoms with E-state index >= 15 is 0 Å². The Morgan fingerprint density at radius 1 is 1.22 bits per heavy atom. The first-order valence-electron chi connectivity index (χ1n) is 13.1. The number of aliphatic hydroxyl groups is 1. The summed E-state index contributed by atoms with van der Waals surface area (Å²) in [5.74, 6) is 1.78. The Hall–Kier alpha value is -2.10. The maximum absolute atomic E-state index is 9.89. The van der Waals surface area contributed by atoms with E-state index in [1.54, 1.807) is 20.4 Å². The van der Waals surface area contributed by atoms with Gasteiger partial charge in [0.1, 0.15) is 17.5 Å². The number of halogens is 1. The van der Waals surface area contributed by atoms with Crippen LogP contribution < -0.4 is 19.7 Å². The van der Waals surface area contributed by atoms with E-state index in [2.05, 4.69) is 41.2 Å². The number of piperidine rings is 1. The van der Waals surface area contributed by atoms with Crippen molar-refractivity contribution in [2.45, 2.75) is 44.4 Å². The number of aliphatic hydroxyl groups excluding tert-OH is 1. The highest BCUT2D eigenvalue weighted by atomic mass is 35.5. The van der Waals surface area contributed by atoms with Gasteiger partial charge < -0.3 is 34.3 Å². The third-order valence-electron chi connectivity index (χ3n) is 7.81. The lowest BCUT2D eigenvalue weighted by Gasteiger charge is -2.39. The zero-order chi connectivity index (χ0) is 26.4. The summed E-state index contributed by atoms with van der Waals surface area (Å²) in [6.07, 6.45) is 3.41. The Bertz CT molecular complexity index is 1030. The van der Waals surface area contributed by atoms with E-state index in [0.29, 0.717) is 30.7 Å². The fraction of sp³-hybridized carbons (Fsp3) is 0.607. The van der Waals surface area contributed by atoms with Gasteiger partial charge in [0, 0.05) is 63.7 Å². The fourth-order valence-corrected chi connectivity index (χ4v) is 5.77. The molecule has 1 aromatic carbocycles. The number of hydrogen-bond donors (Lipinski definition) is 2. The van der Waals surface area contributed by atoms with Crippen LogP contribution in [-0.4, -0.2) is 75.9 Å². The van der Waals surface area contributed by atoms with Crippen LogP contribution in [0.25, 0.3) is 0 Å². The molecule has 9 heteroatoms. The quantitative estimate of drug-likeness (QED) is 0.421. The van der Waals surface area contributed by atoms with Gasteiger partial charge in [-0.2, -0.15) is 0 Å². The highest BCUT2D eigenvalue weighted by molar-refractivity contribution is 6.33. The number of rotatable bonds is 11. The molecule has 204 valence electrons. The molecule has 4 rings (SSSR count). The summed E-state index contributed by atoms with van der Waals surface area (Å²) in [4.78, 5) is 6.47. The van der Waals surface area contributed by atoms with Crippen LogP contribution in [0, 0.1) is 11.8 Å². The molecule has 0 aliphatic carbocycles. The zero-order valence-electron chi connectivity index (χ0n) is 22.3. The molecule has 2 unspecified atom stereocenters. The molecular formula is C28H40ClN3O5. The summed E-state index contributed by atoms with van der Waals surface area (Å²) < 4.78 is 23.6. The second-order valence-electron chi connectivity index (χ2n) is 10.1. The maximum atomic E-state index is 9.89. The number of anilines is 1. The molecule has 0 bridgehead atoms. The third kappa shape index (κ3) is 6.15. The first-order chi connectivity index (χ1) is 17.9. The van der Waals surface area contributed by atoms with E-state index in [0.717, 1.165) is 42.9 Å². The predicted octanol–water partition coefficient (Wildman–Crippen LogP) is 3.89. The molecule has 0 spiro atoms. The van der Waals surface area contributed by atoms with Gasteiger partial charge in [0.15, 0.2) is 0 Å². The molecule has 5 atom stereocenters. The monoisotopic (exact) mass is 533 g/mol. The normalized spacial score (nSPS) is 27.9. The molecule has 0 amide bonds. The summed E-state index contributed by atoms with van der Waals surface area (Å²) in [6, 6.07) is 10.1. The fourth-order valence-electron chi connectivity index (χ4n) is 5.55. The lowest BCUT2D eigenvalue weighted by atomic mass is 9.81. The van der Waals surface area contributed by atoms with Crippen LogP contribution in [0.4, 0.5) is 5.69 Å². The van der Waals surface area contributed by atoms with Crippen molar-refractivity contribution in [1.29, 1.82) is 0 Å². The number of methoxy groups -OCH3 is 2. The van der Waals surface area contributed by atoms with Crippen LogP contribution in [0.15, 0.2) is 36.5 Å². The van der Waals surface area contributed by atoms with Crippen molar-refractivity contribution in [3.05, 3.63) is 47.1 Å². The summed E-state index contributed by atoms with van der Waals surface area (Å²) in [5.41, 5.74) is 1.47. The standard InChI is InChI=1S/C28H40ClN3O5/c1-19-16-32(25-14-27(35-4)30-15-23(25)29)10-9-26(19)37-22-8-5-7-21(13-22)28(36-12-6-11-34-3)18-31-24(17-33)20(28)2/h5,7-8,13-15,19-20,24,26,31,33H,6,9-12,16-18H2,1-4H3/t19?,20-,24-,26?,28+/m0/s1. The molecule has 2 aromatic rings. The van der Waals surface area contributed by atoms with E-state index in [1.807, 2.05) is 18.2 Å². The molecule has 3 heterocycles. The molecule has 2 fully saturated rings. The second-order valence-corrected chi connectivity index (χ2v) is 10.5. The third-order valence-corrected chi connectivity index (χ3v) is 8.10. The highest BCUT2D eigenvalue weighted by Crippen LogP contribution is 2.41. The maximum Gasteiger partial charge on any atom is 0.215 e. The number of nitrogens with zero attached hydrogens (tertiary/aromatic N) is 2. The number of hydrogen-bond acceptors (Lipinski definition) is 8. The van der Waals surface area contributed by atoms with Crippen LogP contribution >= 0.6 is 11.6 Å². The van der Waals surface area contributed by atoms with Gasteiger partial charge in [-0.15, -0.1) is 0 Å². The van der Waals surface area contributed by atoms with Gasteiger partial charge in [0.25, 0.3) is 0 Å². The van der Waals surface area contributed by atoms with Crippen molar-refractivity contribution in [2.24, 2.45) is 11.8 Å². The molecule has 37 heavy (non-hydrogen) atoms. The van der Waals surface area contributed by atoms with Crippen molar-refractivity contribution in [3.8, 4) is 11.6 Å². The van der Waals surface area contributed by atoms with Crippen molar-refractivity contribution in [3.63, 3.8) is 0 Å². The van der Waals surface area contributed by atoms with Crippen molar-refractivity contribution in [1.82, 2.24) is 10.3 Å². The minimum absolute atomic E-state index is 0.0185. The Kier molecular flexibility index (Phi) is 9.53. The number of nitrogens with one attached hydrogen (secondary N) is 1. The number of aromatic nitrogens is 1. The molecular weight excluding hydrogens is 494 g/mol. The van der Waals surface area contributed by atoms with Gasteiger partial charge in [-0.1, -0.05) is 37.6 Å². The molecule has 2 N–H and O–H groups in total. The van der Waals surface area contributed by atoms with Crippen LogP contribution in [0.5, 0.6) is 11.6 Å². The summed E-state index contributed by atoms with van der Waals surface area (Å²) in [7, 11) is 3.31. The second kappa shape index (κ2) is 12.6. The Morgan fingerprint density at radius 2 is 2.05 bits per heavy atom. The smallest absolute Gasteiger partial charge is 0.215 e. The van der Waals surface area contributed by atoms with E-state index < -0.39 is 5.60 Å². The molecule has 2 saturated heterocycles. The predicted molar refractivity (Wildman–Crippen MR) is 145 cm³/mol. The average Bonchev–Trinajstić information content (AvgIpc) is 3.24. The SMILES string of the molecule is COCCCO[C@]1(c2cccc(OC3CCN(c4cc(OC)ncc4Cl)CC3C)c2)CN[C@@H](CO)[C@@H]1C. The van der Waals surface area contributed by atoms with E-state index in [9.17, 15) is 5.11 Å². The molecule has 2 aliphatic heterocycles. The largest absolute Gasteiger partial charge is 0.490 e. The van der Waals surface area contributed by atoms with Crippen molar-refractivity contribution >= 4 is 17.3 Å². The van der Waals surface area contributed by atoms with Gasteiger partial charge in [-0.25, -0.2) is 4.98 Å². The van der Waals surface area contributed by atoms with E-state index in [-0.39, 0.29) is 30.6 Å². The minimum Gasteiger partial charge on any atom is -0.490 e. The van der Waals surface area contributed by atoms with E-state index in [4.69, 9.17) is 30.5 Å². The molecule has 0 saturated carbocycles. The average molecular weight is 534 g/mol. The van der Waals surface area contributed by atoms with Crippen LogP contribution in [-0.2, 0) is 15.1 Å². The van der Waals surface area contributed by atoms with Crippen LogP contribution in [0.1, 0.15) is 32.3 Å². The Morgan fingerprint density at radius 3 is 2.76 bits per heavy atom. The Labute approximate surface area is 225 Å². The lowest BCUT2D eigenvalue weighted by molar-refractivity contribution is -0.0731. The summed E-state index contributed by atoms with van der Waals surface area (Å²) >= 11 is 6.45. The summed E-state index contributed by atoms with van der Waals surface area (Å²) in [6.45, 7) is 7.95. The van der Waals surface area contributed by atoms with Crippen molar-refractivity contribution < 1.29 is 24.1 Å². The van der Waals surface area contributed by atoms with Gasteiger partial charge in [-0.3, -0.25) is 0 Å². The van der Waals surface area contributed by atoms with E-state index in [1.165, 1.54) is 0 Å². The zero-order valence-corrected chi connectivity index (χ0v) is 23.0. The Balaban J connectivity index is 1.47. The molecule has 8 nitrogen and oxygen atoms in total. The first-order valence-corrected chi connectivity index (χ1v) is 13.5. The first kappa shape index (κ1) is 27.9. The molecule has 0 radical (unpaired) electrons. The number of pyridine rings is 1. The van der Waals surface area contributed by atoms with Gasteiger partial charge in [-0.05, 0) is 24.1 Å². The molecule has 1 aromatic heterocycles. The minimum atomic E-state index is -0.535. The van der Waals surface area contributed by atoms with Crippen molar-refractivity contribution in [2.75, 3.05) is 58.6 Å².